The number of likely N-dealkylation sites (N-methyl/N-ethyl adjacent to an activating group) is 1. The molecule has 1 radical (unpaired) electrons. The van der Waals surface area contributed by atoms with Gasteiger partial charge in [-0.3, -0.25) is 43.7 Å². The van der Waals surface area contributed by atoms with Crippen LogP contribution in [0.5, 0.6) is 0 Å². The van der Waals surface area contributed by atoms with Crippen molar-refractivity contribution in [3.8, 4) is 0 Å². The van der Waals surface area contributed by atoms with Crippen molar-refractivity contribution < 1.29 is 88.4 Å². The summed E-state index contributed by atoms with van der Waals surface area (Å²) >= 11 is 0. The van der Waals surface area contributed by atoms with E-state index in [4.69, 9.17) is 0 Å². The van der Waals surface area contributed by atoms with Crippen LogP contribution in [0.1, 0.15) is 25.1 Å². The second-order valence-electron chi connectivity index (χ2n) is 13.4. The van der Waals surface area contributed by atoms with Gasteiger partial charge < -0.3 is 20.2 Å². The Morgan fingerprint density at radius 3 is 1.54 bits per heavy atom. The van der Waals surface area contributed by atoms with E-state index in [-0.39, 0.29) is 81.5 Å². The number of carbonyl (C=O) groups is 4. The molecule has 0 atom stereocenters. The summed E-state index contributed by atoms with van der Waals surface area (Å²) < 4.78 is 2.27. The summed E-state index contributed by atoms with van der Waals surface area (Å²) in [7, 11) is 3.89. The third-order valence-electron chi connectivity index (χ3n) is 9.83. The summed E-state index contributed by atoms with van der Waals surface area (Å²) in [5.41, 5.74) is 3.38. The van der Waals surface area contributed by atoms with Crippen LogP contribution in [-0.2, 0) is 39.3 Å². The fraction of sp³-hybridized carbons (Fsp3) is 0.541. The van der Waals surface area contributed by atoms with Crippen molar-refractivity contribution in [2.45, 2.75) is 26.9 Å². The maximum Gasteiger partial charge on any atom is 0.317 e. The molecule has 2 heterocycles. The van der Waals surface area contributed by atoms with Crippen LogP contribution in [0.4, 0.5) is 0 Å². The molecule has 285 valence electrons. The molecule has 52 heavy (non-hydrogen) atoms. The molecule has 4 rings (SSSR count). The average Bonchev–Trinajstić information content (AvgIpc) is 3.08. The van der Waals surface area contributed by atoms with Gasteiger partial charge in [-0.1, -0.05) is 38.1 Å². The molecule has 0 saturated carbocycles. The van der Waals surface area contributed by atoms with Crippen LogP contribution in [0.3, 0.4) is 0 Å². The van der Waals surface area contributed by atoms with Crippen molar-refractivity contribution >= 4 is 45.5 Å². The molecule has 1 aliphatic heterocycles. The fourth-order valence-corrected chi connectivity index (χ4v) is 6.79. The second-order valence-corrected chi connectivity index (χ2v) is 13.4. The molecule has 15 heteroatoms. The maximum absolute atomic E-state index is 13.7. The summed E-state index contributed by atoms with van der Waals surface area (Å²) in [6.45, 7) is 9.76. The quantitative estimate of drug-likeness (QED) is 0.157. The van der Waals surface area contributed by atoms with Crippen LogP contribution in [0.15, 0.2) is 42.5 Å². The van der Waals surface area contributed by atoms with Gasteiger partial charge >= 0.3 is 17.9 Å². The van der Waals surface area contributed by atoms with Crippen LogP contribution >= 0.6 is 0 Å². The van der Waals surface area contributed by atoms with E-state index >= 15 is 0 Å². The summed E-state index contributed by atoms with van der Waals surface area (Å²) in [4.78, 5) is 59.7. The molecule has 2 aromatic carbocycles. The van der Waals surface area contributed by atoms with Gasteiger partial charge in [-0.05, 0) is 30.8 Å². The Morgan fingerprint density at radius 1 is 0.654 bits per heavy atom. The topological polar surface area (TPSA) is 152 Å². The van der Waals surface area contributed by atoms with Gasteiger partial charge in [0, 0.05) is 127 Å². The van der Waals surface area contributed by atoms with E-state index < -0.39 is 17.9 Å². The number of carboxylic acids is 3. The van der Waals surface area contributed by atoms with Crippen LogP contribution in [0.2, 0.25) is 0 Å². The molecule has 0 bridgehead atoms. The van der Waals surface area contributed by atoms with Gasteiger partial charge in [-0.2, -0.15) is 4.57 Å². The number of hydrogen-bond donors (Lipinski definition) is 3. The summed E-state index contributed by atoms with van der Waals surface area (Å²) in [6.07, 6.45) is 0. The van der Waals surface area contributed by atoms with Crippen molar-refractivity contribution in [1.29, 1.82) is 0 Å². The van der Waals surface area contributed by atoms with Gasteiger partial charge in [0.05, 0.1) is 43.5 Å². The van der Waals surface area contributed by atoms with Crippen molar-refractivity contribution in [3.05, 3.63) is 53.7 Å². The number of aliphatic carboxylic acids is 3. The Morgan fingerprint density at radius 2 is 1.10 bits per heavy atom. The molecule has 14 nitrogen and oxygen atoms in total. The number of amides is 1. The number of rotatable bonds is 14. The Labute approximate surface area is 347 Å². The number of pyridine rings is 1. The molecule has 1 fully saturated rings. The van der Waals surface area contributed by atoms with E-state index in [1.54, 1.807) is 26.6 Å². The van der Waals surface area contributed by atoms with Crippen molar-refractivity contribution in [3.63, 3.8) is 0 Å². The number of fused-ring (bicyclic) bond motifs is 3. The third-order valence-corrected chi connectivity index (χ3v) is 9.83. The third kappa shape index (κ3) is 12.8. The molecule has 1 amide bonds. The van der Waals surface area contributed by atoms with Gasteiger partial charge in [-0.15, -0.1) is 0 Å². The summed E-state index contributed by atoms with van der Waals surface area (Å²) in [5.74, 6) is -3.08. The first kappa shape index (κ1) is 43.8. The minimum Gasteiger partial charge on any atom is -0.480 e. The van der Waals surface area contributed by atoms with E-state index in [0.29, 0.717) is 58.9 Å². The van der Waals surface area contributed by atoms with Gasteiger partial charge in [0.25, 0.3) is 0 Å². The van der Waals surface area contributed by atoms with Gasteiger partial charge in [-0.25, -0.2) is 0 Å². The molecule has 0 aliphatic carbocycles. The number of carboxylic acid groups (broad SMARTS) is 3. The maximum atomic E-state index is 13.7. The molecule has 0 spiro atoms. The zero-order valence-corrected chi connectivity index (χ0v) is 33.3. The zero-order chi connectivity index (χ0) is 37.1. The van der Waals surface area contributed by atoms with Gasteiger partial charge in [0.15, 0.2) is 0 Å². The smallest absolute Gasteiger partial charge is 0.317 e. The monoisotopic (exact) mass is 861 g/mol. The predicted octanol–water partition coefficient (Wildman–Crippen LogP) is 1.09. The van der Waals surface area contributed by atoms with Crippen molar-refractivity contribution in [2.75, 3.05) is 98.7 Å². The minimum absolute atomic E-state index is 0. The van der Waals surface area contributed by atoms with E-state index in [9.17, 15) is 34.5 Å². The molecule has 0 unspecified atom stereocenters. The Kier molecular flexibility index (Phi) is 17.9. The first-order valence-corrected chi connectivity index (χ1v) is 17.7. The van der Waals surface area contributed by atoms with E-state index in [0.717, 1.165) is 36.1 Å². The zero-order valence-electron chi connectivity index (χ0n) is 30.8. The van der Waals surface area contributed by atoms with E-state index in [1.165, 1.54) is 16.5 Å². The fourth-order valence-electron chi connectivity index (χ4n) is 6.79. The minimum atomic E-state index is -1.00. The van der Waals surface area contributed by atoms with Gasteiger partial charge in [0.1, 0.15) is 7.05 Å². The Bertz CT molecular complexity index is 1660. The summed E-state index contributed by atoms with van der Waals surface area (Å²) in [6, 6.07) is 14.8. The molecule has 1 saturated heterocycles. The van der Waals surface area contributed by atoms with Crippen LogP contribution < -0.4 is 4.57 Å². The first-order chi connectivity index (χ1) is 24.4. The Hall–Kier alpha value is -2.63. The van der Waals surface area contributed by atoms with Gasteiger partial charge in [0.2, 0.25) is 17.1 Å². The Balaban J connectivity index is 0.00000729. The van der Waals surface area contributed by atoms with Crippen LogP contribution in [-0.4, -0.2) is 167 Å². The summed E-state index contributed by atoms with van der Waals surface area (Å²) in [5, 5.41) is 31.9. The number of carbonyl (C=O) groups excluding carboxylic acids is 1. The normalized spacial score (nSPS) is 15.9. The molecular weight excluding hydrogens is 806 g/mol. The molecule has 3 N–H and O–H groups in total. The second kappa shape index (κ2) is 21.3. The van der Waals surface area contributed by atoms with Crippen molar-refractivity contribution in [2.24, 2.45) is 7.05 Å². The predicted molar refractivity (Wildman–Crippen MR) is 194 cm³/mol. The molecule has 1 aliphatic rings. The van der Waals surface area contributed by atoms with E-state index in [1.807, 2.05) is 4.90 Å². The number of aryl methyl sites for hydroxylation is 1. The molecule has 3 aromatic rings. The number of hydrogen-bond acceptors (Lipinski definition) is 9. The van der Waals surface area contributed by atoms with E-state index in [2.05, 4.69) is 72.8 Å². The largest absolute Gasteiger partial charge is 0.480 e. The molecular formula is C37H54EuN7O7+. The van der Waals surface area contributed by atoms with Crippen molar-refractivity contribution in [1.82, 2.24) is 29.4 Å². The van der Waals surface area contributed by atoms with Crippen LogP contribution in [0, 0.1) is 49.4 Å². The molecule has 1 aromatic heterocycles. The number of aromatic nitrogens is 1. The average molecular weight is 861 g/mol. The first-order valence-electron chi connectivity index (χ1n) is 17.7. The van der Waals surface area contributed by atoms with Crippen LogP contribution in [0.25, 0.3) is 21.7 Å². The number of benzene rings is 2. The SMILES string of the molecule is CCN(CC)Cc1c2ccccc2c2cc(CN(C)C(=O)CN3CCN(CC(=O)O)CCN(CC(=O)O)CCN(CC(=O)O)CC3)ccc2[n+]1C.[Eu]. The standard InChI is InChI=1S/C37H53N7O7.Eu/c1-5-40(6-2)23-33-30-10-8-7-9-29(30)31-21-28(11-12-32(31)39(33)4)22-38(3)34(45)24-41-13-15-42(25-35(46)47)17-19-44(27-37(50)51)20-18-43(16-14-41)26-36(48)49;/h7-12,21H,5-6,13-20,22-27H2,1-4H3,(H2-,46,47,48,49,50,51);/p+1. The number of nitrogens with zero attached hydrogens (tertiary/aromatic N) is 7.